The van der Waals surface area contributed by atoms with Crippen LogP contribution in [0.4, 0.5) is 20.3 Å². The highest BCUT2D eigenvalue weighted by Gasteiger charge is 2.24. The van der Waals surface area contributed by atoms with E-state index in [4.69, 9.17) is 5.73 Å². The second-order valence-corrected chi connectivity index (χ2v) is 8.04. The average Bonchev–Trinajstić information content (AvgIpc) is 3.18. The van der Waals surface area contributed by atoms with E-state index in [-0.39, 0.29) is 46.4 Å². The molecule has 4 aromatic rings. The van der Waals surface area contributed by atoms with Gasteiger partial charge in [0.2, 0.25) is 0 Å². The number of aromatic amines is 1. The van der Waals surface area contributed by atoms with Crippen LogP contribution in [-0.4, -0.2) is 33.4 Å². The van der Waals surface area contributed by atoms with Crippen molar-refractivity contribution >= 4 is 34.9 Å². The monoisotopic (exact) mass is 482 g/mol. The number of anilines is 2. The number of nitrogen functional groups attached to an aromatic ring is 1. The van der Waals surface area contributed by atoms with Crippen molar-refractivity contribution in [3.8, 4) is 34.2 Å². The fraction of sp³-hybridized carbons (Fsp3) is 0.208. The lowest BCUT2D eigenvalue weighted by Crippen LogP contribution is -2.30. The van der Waals surface area contributed by atoms with E-state index in [9.17, 15) is 14.8 Å². The number of nitrogens with zero attached hydrogens (tertiary/aromatic N) is 4. The first kappa shape index (κ1) is 23.3. The number of nitriles is 1. The van der Waals surface area contributed by atoms with E-state index in [1.165, 1.54) is 18.2 Å². The Hall–Kier alpha value is -3.90. The number of fused-ring (bicyclic) bond motifs is 1. The van der Waals surface area contributed by atoms with Gasteiger partial charge in [-0.15, -0.1) is 12.4 Å². The molecule has 3 heterocycles. The van der Waals surface area contributed by atoms with Crippen molar-refractivity contribution < 1.29 is 13.9 Å². The van der Waals surface area contributed by atoms with Gasteiger partial charge < -0.3 is 15.7 Å². The van der Waals surface area contributed by atoms with Crippen LogP contribution in [-0.2, 0) is 0 Å². The maximum absolute atomic E-state index is 15.2. The van der Waals surface area contributed by atoms with Gasteiger partial charge in [-0.1, -0.05) is 6.07 Å². The summed E-state index contributed by atoms with van der Waals surface area (Å²) in [7, 11) is 0. The summed E-state index contributed by atoms with van der Waals surface area (Å²) >= 11 is 0. The lowest BCUT2D eigenvalue weighted by atomic mass is 9.93. The Morgan fingerprint density at radius 1 is 1.06 bits per heavy atom. The normalized spacial score (nSPS) is 13.5. The number of hydrogen-bond acceptors (Lipinski definition) is 6. The van der Waals surface area contributed by atoms with Crippen molar-refractivity contribution in [2.45, 2.75) is 19.3 Å². The zero-order valence-electron chi connectivity index (χ0n) is 18.0. The van der Waals surface area contributed by atoms with Crippen LogP contribution in [0, 0.1) is 23.0 Å². The van der Waals surface area contributed by atoms with Crippen LogP contribution in [0.3, 0.4) is 0 Å². The number of phenolic OH excluding ortho intramolecular Hbond substituents is 1. The van der Waals surface area contributed by atoms with Crippen molar-refractivity contribution in [1.29, 1.82) is 5.26 Å². The Balaban J connectivity index is 0.00000274. The van der Waals surface area contributed by atoms with E-state index < -0.39 is 11.6 Å². The molecular weight excluding hydrogens is 462 g/mol. The standard InChI is InChI=1S/C24H20F2N6O.ClH/c25-17-11-14(33)5-6-15(17)22-16(12-27)20(21-23(28)30-31-24(21)29-22)13-4-7-19(18(26)10-13)32-8-2-1-3-9-32;/h4-7,10-11,33H,1-3,8-9H2,(H3,28,29,30,31);1H. The number of aromatic hydroxyl groups is 1. The van der Waals surface area contributed by atoms with Crippen molar-refractivity contribution in [1.82, 2.24) is 15.2 Å². The minimum atomic E-state index is -0.751. The van der Waals surface area contributed by atoms with Crippen LogP contribution >= 0.6 is 12.4 Å². The van der Waals surface area contributed by atoms with Gasteiger partial charge in [0.05, 0.1) is 22.3 Å². The predicted octanol–water partition coefficient (Wildman–Crippen LogP) is 5.14. The van der Waals surface area contributed by atoms with E-state index in [2.05, 4.69) is 21.3 Å². The molecule has 0 aliphatic carbocycles. The number of nitrogens with one attached hydrogen (secondary N) is 1. The van der Waals surface area contributed by atoms with E-state index in [1.807, 2.05) is 4.90 Å². The van der Waals surface area contributed by atoms with Gasteiger partial charge in [0.1, 0.15) is 29.3 Å². The smallest absolute Gasteiger partial charge is 0.184 e. The summed E-state index contributed by atoms with van der Waals surface area (Å²) in [5.41, 5.74) is 7.57. The number of aromatic nitrogens is 3. The molecule has 1 saturated heterocycles. The number of hydrogen-bond donors (Lipinski definition) is 3. The summed E-state index contributed by atoms with van der Waals surface area (Å²) < 4.78 is 29.9. The highest BCUT2D eigenvalue weighted by molar-refractivity contribution is 6.04. The van der Waals surface area contributed by atoms with Crippen molar-refractivity contribution in [3.63, 3.8) is 0 Å². The molecule has 1 fully saturated rings. The Labute approximate surface area is 200 Å². The maximum atomic E-state index is 15.2. The van der Waals surface area contributed by atoms with Crippen molar-refractivity contribution in [3.05, 3.63) is 53.6 Å². The van der Waals surface area contributed by atoms with Crippen molar-refractivity contribution in [2.75, 3.05) is 23.7 Å². The largest absolute Gasteiger partial charge is 0.508 e. The molecule has 1 aliphatic rings. The van der Waals surface area contributed by atoms with Crippen LogP contribution in [0.5, 0.6) is 5.75 Å². The molecule has 0 unspecified atom stereocenters. The van der Waals surface area contributed by atoms with Gasteiger partial charge in [-0.2, -0.15) is 10.4 Å². The van der Waals surface area contributed by atoms with Gasteiger partial charge in [-0.05, 0) is 49.1 Å². The van der Waals surface area contributed by atoms with Crippen LogP contribution in [0.2, 0.25) is 0 Å². The molecule has 34 heavy (non-hydrogen) atoms. The van der Waals surface area contributed by atoms with Gasteiger partial charge in [0.15, 0.2) is 5.65 Å². The number of piperidine rings is 1. The minimum absolute atomic E-state index is 0. The molecule has 5 rings (SSSR count). The SMILES string of the molecule is Cl.N#Cc1c(-c2ccc(O)cc2F)nc2n[nH]c(N)c2c1-c1ccc(N2CCCCC2)c(F)c1. The number of halogens is 3. The molecule has 0 radical (unpaired) electrons. The average molecular weight is 483 g/mol. The summed E-state index contributed by atoms with van der Waals surface area (Å²) in [6.45, 7) is 1.58. The molecule has 0 spiro atoms. The van der Waals surface area contributed by atoms with E-state index in [1.54, 1.807) is 12.1 Å². The topological polar surface area (TPSA) is 115 Å². The zero-order valence-corrected chi connectivity index (χ0v) is 18.8. The molecule has 174 valence electrons. The van der Waals surface area contributed by atoms with Crippen LogP contribution in [0.25, 0.3) is 33.4 Å². The highest BCUT2D eigenvalue weighted by atomic mass is 35.5. The Bertz CT molecular complexity index is 1430. The van der Waals surface area contributed by atoms with E-state index >= 15 is 4.39 Å². The minimum Gasteiger partial charge on any atom is -0.508 e. The number of benzene rings is 2. The summed E-state index contributed by atoms with van der Waals surface area (Å²) in [6, 6.07) is 10.4. The first-order valence-electron chi connectivity index (χ1n) is 10.6. The quantitative estimate of drug-likeness (QED) is 0.372. The summed E-state index contributed by atoms with van der Waals surface area (Å²) in [5.74, 6) is -1.25. The van der Waals surface area contributed by atoms with Gasteiger partial charge in [0.25, 0.3) is 0 Å². The van der Waals surface area contributed by atoms with E-state index in [0.29, 0.717) is 22.2 Å². The predicted molar refractivity (Wildman–Crippen MR) is 129 cm³/mol. The third-order valence-corrected chi connectivity index (χ3v) is 5.98. The lowest BCUT2D eigenvalue weighted by molar-refractivity contribution is 0.469. The third kappa shape index (κ3) is 3.86. The molecule has 0 bridgehead atoms. The Morgan fingerprint density at radius 2 is 1.82 bits per heavy atom. The molecule has 2 aromatic carbocycles. The summed E-state index contributed by atoms with van der Waals surface area (Å²) in [4.78, 5) is 6.37. The van der Waals surface area contributed by atoms with Gasteiger partial charge in [0, 0.05) is 30.3 Å². The Kier molecular flexibility index (Phi) is 6.26. The first-order valence-corrected chi connectivity index (χ1v) is 10.6. The van der Waals surface area contributed by atoms with Crippen LogP contribution < -0.4 is 10.6 Å². The van der Waals surface area contributed by atoms with Gasteiger partial charge in [-0.25, -0.2) is 13.8 Å². The van der Waals surface area contributed by atoms with Crippen molar-refractivity contribution in [2.24, 2.45) is 0 Å². The summed E-state index contributed by atoms with van der Waals surface area (Å²) in [5, 5.41) is 26.7. The molecule has 2 aromatic heterocycles. The fourth-order valence-corrected chi connectivity index (χ4v) is 4.42. The molecule has 4 N–H and O–H groups in total. The van der Waals surface area contributed by atoms with E-state index in [0.717, 1.165) is 38.4 Å². The number of phenols is 1. The number of H-pyrrole nitrogens is 1. The van der Waals surface area contributed by atoms with Gasteiger partial charge >= 0.3 is 0 Å². The number of rotatable bonds is 3. The molecule has 10 heteroatoms. The zero-order chi connectivity index (χ0) is 23.1. The van der Waals surface area contributed by atoms with Crippen LogP contribution in [0.1, 0.15) is 24.8 Å². The molecule has 0 atom stereocenters. The summed E-state index contributed by atoms with van der Waals surface area (Å²) in [6.07, 6.45) is 3.16. The van der Waals surface area contributed by atoms with Gasteiger partial charge in [-0.3, -0.25) is 5.10 Å². The molecule has 7 nitrogen and oxygen atoms in total. The molecular formula is C24H21ClF2N6O. The highest BCUT2D eigenvalue weighted by Crippen LogP contribution is 2.40. The molecule has 0 amide bonds. The molecule has 0 saturated carbocycles. The number of pyridine rings is 1. The molecule has 1 aliphatic heterocycles. The third-order valence-electron chi connectivity index (χ3n) is 5.98. The Morgan fingerprint density at radius 3 is 2.50 bits per heavy atom. The number of nitrogens with two attached hydrogens (primary N) is 1. The maximum Gasteiger partial charge on any atom is 0.184 e. The fourth-order valence-electron chi connectivity index (χ4n) is 4.42. The van der Waals surface area contributed by atoms with Crippen LogP contribution in [0.15, 0.2) is 36.4 Å². The second kappa shape index (κ2) is 9.15. The lowest BCUT2D eigenvalue weighted by Gasteiger charge is -2.29. The second-order valence-electron chi connectivity index (χ2n) is 8.04. The first-order chi connectivity index (χ1) is 16.0.